The molecule has 1 fully saturated rings. The molecule has 24 heavy (non-hydrogen) atoms. The Labute approximate surface area is 137 Å². The molecule has 2 aromatic rings. The number of hydrogen-bond acceptors (Lipinski definition) is 3. The first kappa shape index (κ1) is 14.4. The second-order valence-corrected chi connectivity index (χ2v) is 5.82. The summed E-state index contributed by atoms with van der Waals surface area (Å²) >= 11 is 0. The minimum Gasteiger partial charge on any atom is -0.481 e. The number of imide groups is 1. The van der Waals surface area contributed by atoms with E-state index < -0.39 is 23.7 Å². The number of nitrogens with zero attached hydrogens (tertiary/aromatic N) is 1. The first-order valence-corrected chi connectivity index (χ1v) is 7.59. The van der Waals surface area contributed by atoms with Crippen LogP contribution in [0.1, 0.15) is 6.42 Å². The van der Waals surface area contributed by atoms with Crippen molar-refractivity contribution in [3.63, 3.8) is 0 Å². The summed E-state index contributed by atoms with van der Waals surface area (Å²) in [7, 11) is 0. The first-order chi connectivity index (χ1) is 11.6. The summed E-state index contributed by atoms with van der Waals surface area (Å²) in [6.07, 6.45) is 3.17. The molecule has 1 heterocycles. The molecule has 2 amide bonds. The van der Waals surface area contributed by atoms with Crippen LogP contribution in [0.3, 0.4) is 0 Å². The normalized spacial score (nSPS) is 20.0. The van der Waals surface area contributed by atoms with Crippen molar-refractivity contribution in [2.24, 2.45) is 5.92 Å². The number of carbonyl (C=O) groups is 3. The van der Waals surface area contributed by atoms with Gasteiger partial charge in [-0.3, -0.25) is 14.4 Å². The van der Waals surface area contributed by atoms with Crippen LogP contribution < -0.4 is 4.90 Å². The van der Waals surface area contributed by atoms with Gasteiger partial charge in [-0.2, -0.15) is 0 Å². The van der Waals surface area contributed by atoms with Crippen molar-refractivity contribution >= 4 is 34.2 Å². The van der Waals surface area contributed by atoms with E-state index in [1.807, 2.05) is 30.3 Å². The zero-order chi connectivity index (χ0) is 16.8. The van der Waals surface area contributed by atoms with Crippen molar-refractivity contribution in [3.05, 3.63) is 65.8 Å². The number of anilines is 1. The summed E-state index contributed by atoms with van der Waals surface area (Å²) in [6, 6.07) is 12.9. The van der Waals surface area contributed by atoms with Gasteiger partial charge in [-0.15, -0.1) is 0 Å². The first-order valence-electron chi connectivity index (χ1n) is 7.59. The van der Waals surface area contributed by atoms with Crippen LogP contribution in [0.4, 0.5) is 5.69 Å². The summed E-state index contributed by atoms with van der Waals surface area (Å²) in [5.74, 6) is -2.63. The molecule has 1 aliphatic carbocycles. The largest absolute Gasteiger partial charge is 0.481 e. The number of hydrogen-bond donors (Lipinski definition) is 1. The second-order valence-electron chi connectivity index (χ2n) is 5.82. The van der Waals surface area contributed by atoms with Gasteiger partial charge in [0.05, 0.1) is 11.6 Å². The van der Waals surface area contributed by atoms with E-state index in [-0.39, 0.29) is 12.0 Å². The maximum atomic E-state index is 12.8. The molecule has 0 radical (unpaired) electrons. The number of benzene rings is 2. The monoisotopic (exact) mass is 319 g/mol. The van der Waals surface area contributed by atoms with Crippen LogP contribution in [-0.4, -0.2) is 22.9 Å². The molecule has 4 rings (SSSR count). The third-order valence-corrected chi connectivity index (χ3v) is 4.43. The standard InChI is InChI=1S/C19H13NO4/c21-17-14-9-8-12(19(23)24)10-15(14)18(22)20(17)16-7-3-5-11-4-1-2-6-13(11)16/h1-7,9-10,12H,8H2,(H,23,24). The summed E-state index contributed by atoms with van der Waals surface area (Å²) in [5, 5.41) is 10.9. The number of carbonyl (C=O) groups excluding carboxylic acids is 2. The van der Waals surface area contributed by atoms with Gasteiger partial charge in [0.25, 0.3) is 11.8 Å². The molecule has 0 bridgehead atoms. The molecule has 2 aliphatic rings. The Morgan fingerprint density at radius 1 is 1.00 bits per heavy atom. The van der Waals surface area contributed by atoms with E-state index >= 15 is 0 Å². The molecule has 1 saturated heterocycles. The number of amides is 2. The molecule has 1 aliphatic heterocycles. The lowest BCUT2D eigenvalue weighted by Crippen LogP contribution is -2.29. The molecular weight excluding hydrogens is 306 g/mol. The average molecular weight is 319 g/mol. The SMILES string of the molecule is O=C(O)C1C=C2C(=O)N(c3cccc4ccccc34)C(=O)C2=CC1. The van der Waals surface area contributed by atoms with Crippen LogP contribution >= 0.6 is 0 Å². The average Bonchev–Trinajstić information content (AvgIpc) is 2.85. The number of carboxylic acid groups (broad SMARTS) is 1. The molecule has 1 unspecified atom stereocenters. The zero-order valence-corrected chi connectivity index (χ0v) is 12.6. The van der Waals surface area contributed by atoms with Gasteiger partial charge in [0.2, 0.25) is 0 Å². The summed E-state index contributed by atoms with van der Waals surface area (Å²) < 4.78 is 0. The van der Waals surface area contributed by atoms with Gasteiger partial charge in [0.1, 0.15) is 0 Å². The fourth-order valence-electron chi connectivity index (χ4n) is 3.23. The third kappa shape index (κ3) is 1.98. The smallest absolute Gasteiger partial charge is 0.310 e. The number of aliphatic carboxylic acids is 1. The van der Waals surface area contributed by atoms with Crippen molar-refractivity contribution in [2.45, 2.75) is 6.42 Å². The molecule has 2 aromatic carbocycles. The Kier molecular flexibility index (Phi) is 3.09. The number of fused-ring (bicyclic) bond motifs is 2. The highest BCUT2D eigenvalue weighted by molar-refractivity contribution is 6.38. The van der Waals surface area contributed by atoms with Crippen molar-refractivity contribution in [1.82, 2.24) is 0 Å². The van der Waals surface area contributed by atoms with Crippen molar-refractivity contribution in [3.8, 4) is 0 Å². The number of rotatable bonds is 2. The van der Waals surface area contributed by atoms with Crippen LogP contribution in [0.15, 0.2) is 65.8 Å². The van der Waals surface area contributed by atoms with E-state index in [1.165, 1.54) is 6.08 Å². The molecule has 0 saturated carbocycles. The fraction of sp³-hybridized carbons (Fsp3) is 0.105. The van der Waals surface area contributed by atoms with Gasteiger partial charge in [-0.25, -0.2) is 4.90 Å². The minimum absolute atomic E-state index is 0.187. The minimum atomic E-state index is -0.998. The molecule has 118 valence electrons. The molecule has 1 atom stereocenters. The second kappa shape index (κ2) is 5.16. The highest BCUT2D eigenvalue weighted by atomic mass is 16.4. The molecular formula is C19H13NO4. The topological polar surface area (TPSA) is 74.7 Å². The molecule has 5 nitrogen and oxygen atoms in total. The highest BCUT2D eigenvalue weighted by Gasteiger charge is 2.42. The van der Waals surface area contributed by atoms with E-state index in [9.17, 15) is 14.4 Å². The van der Waals surface area contributed by atoms with Crippen molar-refractivity contribution < 1.29 is 19.5 Å². The molecule has 1 N–H and O–H groups in total. The van der Waals surface area contributed by atoms with Crippen LogP contribution in [0, 0.1) is 5.92 Å². The quantitative estimate of drug-likeness (QED) is 0.864. The van der Waals surface area contributed by atoms with Gasteiger partial charge in [-0.05, 0) is 17.9 Å². The van der Waals surface area contributed by atoms with Crippen LogP contribution in [0.5, 0.6) is 0 Å². The Balaban J connectivity index is 1.86. The van der Waals surface area contributed by atoms with Gasteiger partial charge in [0, 0.05) is 16.5 Å². The van der Waals surface area contributed by atoms with Crippen molar-refractivity contribution in [2.75, 3.05) is 4.90 Å². The molecule has 5 heteroatoms. The number of allylic oxidation sites excluding steroid dienone is 1. The zero-order valence-electron chi connectivity index (χ0n) is 12.6. The van der Waals surface area contributed by atoms with E-state index in [2.05, 4.69) is 0 Å². The van der Waals surface area contributed by atoms with Gasteiger partial charge in [0.15, 0.2) is 0 Å². The molecule has 0 aromatic heterocycles. The summed E-state index contributed by atoms with van der Waals surface area (Å²) in [6.45, 7) is 0. The fourth-order valence-corrected chi connectivity index (χ4v) is 3.23. The Morgan fingerprint density at radius 3 is 2.50 bits per heavy atom. The Morgan fingerprint density at radius 2 is 1.71 bits per heavy atom. The predicted octanol–water partition coefficient (Wildman–Crippen LogP) is 2.67. The van der Waals surface area contributed by atoms with Crippen LogP contribution in [-0.2, 0) is 14.4 Å². The lowest BCUT2D eigenvalue weighted by atomic mass is 9.92. The maximum Gasteiger partial charge on any atom is 0.310 e. The van der Waals surface area contributed by atoms with E-state index in [4.69, 9.17) is 5.11 Å². The summed E-state index contributed by atoms with van der Waals surface area (Å²) in [5.41, 5.74) is 1.00. The van der Waals surface area contributed by atoms with E-state index in [1.54, 1.807) is 18.2 Å². The Bertz CT molecular complexity index is 965. The maximum absolute atomic E-state index is 12.8. The van der Waals surface area contributed by atoms with Crippen LogP contribution in [0.25, 0.3) is 10.8 Å². The Hall–Kier alpha value is -3.21. The van der Waals surface area contributed by atoms with E-state index in [0.717, 1.165) is 15.7 Å². The van der Waals surface area contributed by atoms with Crippen LogP contribution in [0.2, 0.25) is 0 Å². The third-order valence-electron chi connectivity index (χ3n) is 4.43. The predicted molar refractivity (Wildman–Crippen MR) is 88.3 cm³/mol. The van der Waals surface area contributed by atoms with Gasteiger partial charge < -0.3 is 5.11 Å². The number of carboxylic acids is 1. The highest BCUT2D eigenvalue weighted by Crippen LogP contribution is 2.37. The van der Waals surface area contributed by atoms with E-state index in [0.29, 0.717) is 11.3 Å². The van der Waals surface area contributed by atoms with Crippen molar-refractivity contribution in [1.29, 1.82) is 0 Å². The lowest BCUT2D eigenvalue weighted by molar-refractivity contribution is -0.140. The lowest BCUT2D eigenvalue weighted by Gasteiger charge is -2.15. The summed E-state index contributed by atoms with van der Waals surface area (Å²) in [4.78, 5) is 37.8. The molecule has 0 spiro atoms. The van der Waals surface area contributed by atoms with Gasteiger partial charge >= 0.3 is 5.97 Å². The van der Waals surface area contributed by atoms with Gasteiger partial charge in [-0.1, -0.05) is 48.6 Å².